The number of sulfonamides is 1. The molecule has 0 saturated heterocycles. The molecule has 0 fully saturated rings. The summed E-state index contributed by atoms with van der Waals surface area (Å²) < 4.78 is 25.2. The molecular weight excluding hydrogens is 370 g/mol. The molecule has 0 amide bonds. The van der Waals surface area contributed by atoms with Gasteiger partial charge in [-0.2, -0.15) is 0 Å². The Labute approximate surface area is 155 Å². The van der Waals surface area contributed by atoms with Crippen molar-refractivity contribution < 1.29 is 8.42 Å². The van der Waals surface area contributed by atoms with Crippen LogP contribution in [0, 0.1) is 6.92 Å². The summed E-state index contributed by atoms with van der Waals surface area (Å²) in [7, 11) is -3.32. The molecule has 0 unspecified atom stereocenters. The Morgan fingerprint density at radius 1 is 1.15 bits per heavy atom. The van der Waals surface area contributed by atoms with Crippen LogP contribution in [0.2, 0.25) is 0 Å². The van der Waals surface area contributed by atoms with Crippen LogP contribution < -0.4 is 10.0 Å². The third kappa shape index (κ3) is 3.54. The Kier molecular flexibility index (Phi) is 4.12. The second-order valence-electron chi connectivity index (χ2n) is 6.16. The highest BCUT2D eigenvalue weighted by Gasteiger charge is 2.22. The van der Waals surface area contributed by atoms with E-state index in [2.05, 4.69) is 25.0 Å². The minimum Gasteiger partial charge on any atom is -0.324 e. The molecule has 1 aliphatic rings. The average Bonchev–Trinajstić information content (AvgIpc) is 2.94. The molecule has 1 aliphatic carbocycles. The van der Waals surface area contributed by atoms with Crippen molar-refractivity contribution in [2.45, 2.75) is 19.8 Å². The maximum absolute atomic E-state index is 11.4. The second kappa shape index (κ2) is 6.33. The van der Waals surface area contributed by atoms with Gasteiger partial charge >= 0.3 is 0 Å². The number of benzene rings is 1. The van der Waals surface area contributed by atoms with Gasteiger partial charge in [-0.25, -0.2) is 23.4 Å². The van der Waals surface area contributed by atoms with E-state index in [0.29, 0.717) is 17.3 Å². The molecular formula is C17H17N5O2S2. The fraction of sp³-hybridized carbons (Fsp3) is 0.235. The predicted molar refractivity (Wildman–Crippen MR) is 103 cm³/mol. The van der Waals surface area contributed by atoms with Gasteiger partial charge in [-0.05, 0) is 43.5 Å². The summed E-state index contributed by atoms with van der Waals surface area (Å²) in [5, 5.41) is 4.18. The average molecular weight is 387 g/mol. The first-order valence-corrected chi connectivity index (χ1v) is 10.8. The third-order valence-electron chi connectivity index (χ3n) is 3.94. The molecule has 0 saturated carbocycles. The normalized spacial score (nSPS) is 13.0. The number of hydrogen-bond acceptors (Lipinski definition) is 7. The number of hydrogen-bond donors (Lipinski definition) is 2. The fourth-order valence-electron chi connectivity index (χ4n) is 2.93. The summed E-state index contributed by atoms with van der Waals surface area (Å²) in [5.74, 6) is 0.471. The maximum Gasteiger partial charge on any atom is 0.229 e. The Bertz CT molecular complexity index is 1090. The summed E-state index contributed by atoms with van der Waals surface area (Å²) in [6, 6.07) is 6.98. The van der Waals surface area contributed by atoms with Gasteiger partial charge < -0.3 is 5.32 Å². The molecule has 2 aromatic heterocycles. The summed E-state index contributed by atoms with van der Waals surface area (Å²) in [4.78, 5) is 14.8. The van der Waals surface area contributed by atoms with Crippen molar-refractivity contribution in [2.24, 2.45) is 0 Å². The van der Waals surface area contributed by atoms with Crippen LogP contribution in [-0.4, -0.2) is 29.6 Å². The van der Waals surface area contributed by atoms with Crippen LogP contribution in [0.4, 0.5) is 17.3 Å². The first kappa shape index (κ1) is 16.9. The molecule has 2 heterocycles. The second-order valence-corrected chi connectivity index (χ2v) is 9.11. The zero-order chi connectivity index (χ0) is 18.3. The molecule has 26 heavy (non-hydrogen) atoms. The molecule has 1 aromatic carbocycles. The first-order valence-electron chi connectivity index (χ1n) is 8.05. The summed E-state index contributed by atoms with van der Waals surface area (Å²) in [5.41, 5.74) is 4.34. The quantitative estimate of drug-likeness (QED) is 0.714. The lowest BCUT2D eigenvalue weighted by atomic mass is 10.00. The zero-order valence-electron chi connectivity index (χ0n) is 14.3. The van der Waals surface area contributed by atoms with Gasteiger partial charge in [0.15, 0.2) is 0 Å². The van der Waals surface area contributed by atoms with Gasteiger partial charge in [-0.15, -0.1) is 11.3 Å². The van der Waals surface area contributed by atoms with Crippen LogP contribution in [0.3, 0.4) is 0 Å². The van der Waals surface area contributed by atoms with Crippen LogP contribution in [0.15, 0.2) is 30.5 Å². The Hall–Kier alpha value is -2.52. The summed E-state index contributed by atoms with van der Waals surface area (Å²) in [6.45, 7) is 2.00. The monoisotopic (exact) mass is 387 g/mol. The largest absolute Gasteiger partial charge is 0.324 e. The number of thiazole rings is 1. The summed E-state index contributed by atoms with van der Waals surface area (Å²) in [6.07, 6.45) is 4.77. The molecule has 2 N–H and O–H groups in total. The third-order valence-corrected chi connectivity index (χ3v) is 5.56. The molecule has 0 atom stereocenters. The standard InChI is InChI=1S/C17H17N5O2S2/c1-10-19-14-7-6-11-9-18-17(21-15(11)16(14)25-10)20-12-4-3-5-13(8-12)22-26(2,23)24/h3-5,8-9,22H,6-7H2,1-2H3,(H,18,20,21). The number of rotatable bonds is 4. The van der Waals surface area contributed by atoms with Gasteiger partial charge in [-0.3, -0.25) is 4.72 Å². The van der Waals surface area contributed by atoms with E-state index in [4.69, 9.17) is 0 Å². The van der Waals surface area contributed by atoms with Crippen molar-refractivity contribution in [3.63, 3.8) is 0 Å². The number of anilines is 3. The first-order chi connectivity index (χ1) is 12.4. The molecule has 0 radical (unpaired) electrons. The van der Waals surface area contributed by atoms with Gasteiger partial charge in [0.1, 0.15) is 0 Å². The van der Waals surface area contributed by atoms with Crippen molar-refractivity contribution in [3.8, 4) is 10.6 Å². The van der Waals surface area contributed by atoms with Crippen LogP contribution in [0.25, 0.3) is 10.6 Å². The number of fused-ring (bicyclic) bond motifs is 3. The lowest BCUT2D eigenvalue weighted by Crippen LogP contribution is -2.10. The highest BCUT2D eigenvalue weighted by atomic mass is 32.2. The van der Waals surface area contributed by atoms with E-state index in [1.54, 1.807) is 29.5 Å². The maximum atomic E-state index is 11.4. The Balaban J connectivity index is 1.64. The van der Waals surface area contributed by atoms with Crippen LogP contribution >= 0.6 is 11.3 Å². The predicted octanol–water partition coefficient (Wildman–Crippen LogP) is 3.12. The molecule has 134 valence electrons. The van der Waals surface area contributed by atoms with E-state index in [9.17, 15) is 8.42 Å². The van der Waals surface area contributed by atoms with E-state index in [-0.39, 0.29) is 0 Å². The SMILES string of the molecule is Cc1nc2c(s1)-c1nc(Nc3cccc(NS(C)(=O)=O)c3)ncc1CC2. The van der Waals surface area contributed by atoms with E-state index in [0.717, 1.165) is 45.9 Å². The van der Waals surface area contributed by atoms with Gasteiger partial charge in [0.2, 0.25) is 16.0 Å². The highest BCUT2D eigenvalue weighted by molar-refractivity contribution is 7.92. The van der Waals surface area contributed by atoms with Gasteiger partial charge in [0.25, 0.3) is 0 Å². The Morgan fingerprint density at radius 3 is 2.77 bits per heavy atom. The van der Waals surface area contributed by atoms with Crippen molar-refractivity contribution >= 4 is 38.7 Å². The van der Waals surface area contributed by atoms with Crippen molar-refractivity contribution in [3.05, 3.63) is 46.7 Å². The van der Waals surface area contributed by atoms with Crippen LogP contribution in [0.1, 0.15) is 16.3 Å². The number of nitrogens with zero attached hydrogens (tertiary/aromatic N) is 3. The molecule has 0 spiro atoms. The van der Waals surface area contributed by atoms with E-state index < -0.39 is 10.0 Å². The number of aryl methyl sites for hydroxylation is 3. The lowest BCUT2D eigenvalue weighted by molar-refractivity contribution is 0.607. The lowest BCUT2D eigenvalue weighted by Gasteiger charge is -2.15. The van der Waals surface area contributed by atoms with Gasteiger partial charge in [0, 0.05) is 11.9 Å². The molecule has 9 heteroatoms. The fourth-order valence-corrected chi connectivity index (χ4v) is 4.47. The molecule has 0 aliphatic heterocycles. The van der Waals surface area contributed by atoms with Crippen LogP contribution in [0.5, 0.6) is 0 Å². The Morgan fingerprint density at radius 2 is 1.96 bits per heavy atom. The topological polar surface area (TPSA) is 96.9 Å². The molecule has 4 rings (SSSR count). The molecule has 3 aromatic rings. The van der Waals surface area contributed by atoms with Crippen molar-refractivity contribution in [2.75, 3.05) is 16.3 Å². The van der Waals surface area contributed by atoms with E-state index >= 15 is 0 Å². The van der Waals surface area contributed by atoms with Gasteiger partial charge in [0.05, 0.1) is 33.2 Å². The van der Waals surface area contributed by atoms with Crippen LogP contribution in [-0.2, 0) is 22.9 Å². The minimum atomic E-state index is -3.32. The number of nitrogens with one attached hydrogen (secondary N) is 2. The highest BCUT2D eigenvalue weighted by Crippen LogP contribution is 2.36. The summed E-state index contributed by atoms with van der Waals surface area (Å²) >= 11 is 1.65. The number of aromatic nitrogens is 3. The molecule has 7 nitrogen and oxygen atoms in total. The van der Waals surface area contributed by atoms with Crippen molar-refractivity contribution in [1.82, 2.24) is 15.0 Å². The van der Waals surface area contributed by atoms with Gasteiger partial charge in [-0.1, -0.05) is 6.07 Å². The smallest absolute Gasteiger partial charge is 0.229 e. The van der Waals surface area contributed by atoms with E-state index in [1.165, 1.54) is 0 Å². The van der Waals surface area contributed by atoms with Crippen molar-refractivity contribution in [1.29, 1.82) is 0 Å². The van der Waals surface area contributed by atoms with E-state index in [1.807, 2.05) is 19.2 Å². The molecule has 0 bridgehead atoms. The zero-order valence-corrected chi connectivity index (χ0v) is 15.9. The minimum absolute atomic E-state index is 0.471.